The van der Waals surface area contributed by atoms with Gasteiger partial charge in [0.2, 0.25) is 16.0 Å². The summed E-state index contributed by atoms with van der Waals surface area (Å²) in [4.78, 5) is 13.7. The Labute approximate surface area is 374 Å². The van der Waals surface area contributed by atoms with Crippen LogP contribution in [-0.2, 0) is 10.0 Å². The lowest BCUT2D eigenvalue weighted by Gasteiger charge is -2.20. The van der Waals surface area contributed by atoms with Crippen LogP contribution in [0.25, 0.3) is 55.3 Å². The molecular weight excluding hydrogens is 828 g/mol. The fourth-order valence-electron chi connectivity index (χ4n) is 8.37. The van der Waals surface area contributed by atoms with E-state index in [-0.39, 0.29) is 29.3 Å². The van der Waals surface area contributed by atoms with Gasteiger partial charge >= 0.3 is 0 Å². The molecule has 1 aliphatic carbocycles. The van der Waals surface area contributed by atoms with Crippen molar-refractivity contribution in [2.24, 2.45) is 0 Å². The number of hydrogen-bond donors (Lipinski definition) is 0. The summed E-state index contributed by atoms with van der Waals surface area (Å²) in [5.41, 5.74) is 13.4. The van der Waals surface area contributed by atoms with Gasteiger partial charge in [0, 0.05) is 57.8 Å². The van der Waals surface area contributed by atoms with Crippen LogP contribution in [0.2, 0.25) is 0 Å². The van der Waals surface area contributed by atoms with Crippen molar-refractivity contribution in [3.63, 3.8) is 0 Å². The van der Waals surface area contributed by atoms with Crippen LogP contribution in [0, 0.1) is 38.2 Å². The highest BCUT2D eigenvalue weighted by atomic mass is 32.2. The van der Waals surface area contributed by atoms with Crippen LogP contribution in [0.4, 0.5) is 19.1 Å². The number of aromatic nitrogens is 4. The molecule has 1 aliphatic rings. The van der Waals surface area contributed by atoms with E-state index in [1.54, 1.807) is 12.1 Å². The molecule has 64 heavy (non-hydrogen) atoms. The second-order valence-corrected chi connectivity index (χ2v) is 19.0. The van der Waals surface area contributed by atoms with Gasteiger partial charge in [-0.15, -0.1) is 0 Å². The van der Waals surface area contributed by atoms with E-state index in [1.165, 1.54) is 95.3 Å². The number of halogens is 3. The van der Waals surface area contributed by atoms with Crippen molar-refractivity contribution in [2.75, 3.05) is 17.6 Å². The van der Waals surface area contributed by atoms with Crippen molar-refractivity contribution < 1.29 is 21.6 Å². The van der Waals surface area contributed by atoms with Crippen LogP contribution < -0.4 is 4.31 Å². The Morgan fingerprint density at radius 2 is 1.12 bits per heavy atom. The maximum absolute atomic E-state index is 13.2. The molecule has 1 saturated carbocycles. The van der Waals surface area contributed by atoms with E-state index >= 15 is 0 Å². The van der Waals surface area contributed by atoms with E-state index < -0.39 is 10.0 Å². The van der Waals surface area contributed by atoms with Crippen molar-refractivity contribution in [2.45, 2.75) is 79.2 Å². The molecule has 0 N–H and O–H groups in total. The molecule has 5 aromatic carbocycles. The van der Waals surface area contributed by atoms with Gasteiger partial charge in [-0.25, -0.2) is 35.9 Å². The Morgan fingerprint density at radius 1 is 0.625 bits per heavy atom. The third kappa shape index (κ3) is 9.74. The number of fused-ring (bicyclic) bond motifs is 2. The Morgan fingerprint density at radius 3 is 1.64 bits per heavy atom. The summed E-state index contributed by atoms with van der Waals surface area (Å²) in [6.45, 7) is 14.5. The zero-order chi connectivity index (χ0) is 46.0. The number of para-hydroxylation sites is 2. The largest absolute Gasteiger partial charge is 0.342 e. The molecule has 8 aromatic rings. The molecule has 3 heterocycles. The lowest BCUT2D eigenvalue weighted by Crippen LogP contribution is -2.27. The quantitative estimate of drug-likeness (QED) is 0.152. The fraction of sp³-hybridized carbons (Fsp3) is 0.264. The lowest BCUT2D eigenvalue weighted by atomic mass is 9.94. The molecule has 11 heteroatoms. The van der Waals surface area contributed by atoms with E-state index in [1.807, 2.05) is 57.2 Å². The fourth-order valence-corrected chi connectivity index (χ4v) is 8.75. The van der Waals surface area contributed by atoms with Crippen LogP contribution >= 0.6 is 0 Å². The molecule has 3 aromatic heterocycles. The molecule has 0 spiro atoms. The molecular formula is C53H54F3N5O2S. The first kappa shape index (κ1) is 45.7. The highest BCUT2D eigenvalue weighted by Gasteiger charge is 2.29. The molecule has 7 nitrogen and oxygen atoms in total. The third-order valence-electron chi connectivity index (χ3n) is 11.7. The predicted molar refractivity (Wildman–Crippen MR) is 256 cm³/mol. The number of benzene rings is 5. The highest BCUT2D eigenvalue weighted by Crippen LogP contribution is 2.44. The van der Waals surface area contributed by atoms with Gasteiger partial charge in [-0.1, -0.05) is 74.5 Å². The van der Waals surface area contributed by atoms with Crippen molar-refractivity contribution in [3.05, 3.63) is 167 Å². The van der Waals surface area contributed by atoms with Gasteiger partial charge in [-0.05, 0) is 142 Å². The molecule has 9 rings (SSSR count). The first-order chi connectivity index (χ1) is 30.4. The molecule has 0 saturated heterocycles. The minimum Gasteiger partial charge on any atom is -0.342 e. The molecule has 330 valence electrons. The first-order valence-corrected chi connectivity index (χ1v) is 23.4. The summed E-state index contributed by atoms with van der Waals surface area (Å²) in [6, 6.07) is 36.5. The van der Waals surface area contributed by atoms with Gasteiger partial charge in [0.05, 0.1) is 23.2 Å². The standard InChI is InChI=1S/C19H16FN.C18H18FN.C16H20FN3O2S/c1-12-18(13-8-10-15(20)11-9-13)16-4-2-3-5-17(16)21-19(12)14-6-7-14;1-12(2)20-13(3)18(14-8-10-15(19)11-9-14)16-6-4-5-7-17(16)20;1-10(2)14-11(3)15(12-6-8-13(17)9-7-12)19-16(18-14)20(4)23(5,21)22/h2-5,8-11,14H,6-7H2,1H3;4-12H,1-3H3;6-10H,1-5H3. The number of nitrogens with zero attached hydrogens (tertiary/aromatic N) is 5. The van der Waals surface area contributed by atoms with Gasteiger partial charge in [0.15, 0.2) is 0 Å². The average molecular weight is 882 g/mol. The Balaban J connectivity index is 0.000000144. The van der Waals surface area contributed by atoms with Gasteiger partial charge in [0.1, 0.15) is 17.5 Å². The number of hydrogen-bond acceptors (Lipinski definition) is 5. The maximum Gasteiger partial charge on any atom is 0.239 e. The molecule has 1 fully saturated rings. The minimum absolute atomic E-state index is 0.101. The second kappa shape index (κ2) is 18.8. The lowest BCUT2D eigenvalue weighted by molar-refractivity contribution is 0.599. The van der Waals surface area contributed by atoms with E-state index in [0.717, 1.165) is 49.4 Å². The van der Waals surface area contributed by atoms with Gasteiger partial charge in [-0.3, -0.25) is 4.98 Å². The summed E-state index contributed by atoms with van der Waals surface area (Å²) >= 11 is 0. The molecule has 0 bridgehead atoms. The van der Waals surface area contributed by atoms with Crippen LogP contribution in [-0.4, -0.2) is 41.2 Å². The number of rotatable bonds is 8. The average Bonchev–Trinajstić information content (AvgIpc) is 4.07. The van der Waals surface area contributed by atoms with Crippen molar-refractivity contribution in [3.8, 4) is 33.5 Å². The van der Waals surface area contributed by atoms with Crippen molar-refractivity contribution in [1.29, 1.82) is 0 Å². The summed E-state index contributed by atoms with van der Waals surface area (Å²) in [7, 11) is -2.05. The highest BCUT2D eigenvalue weighted by molar-refractivity contribution is 7.92. The predicted octanol–water partition coefficient (Wildman–Crippen LogP) is 13.7. The van der Waals surface area contributed by atoms with E-state index in [4.69, 9.17) is 4.98 Å². The Kier molecular flexibility index (Phi) is 13.4. The molecule has 0 aliphatic heterocycles. The first-order valence-electron chi connectivity index (χ1n) is 21.5. The third-order valence-corrected chi connectivity index (χ3v) is 12.8. The molecule has 0 unspecified atom stereocenters. The number of sulfonamides is 1. The van der Waals surface area contributed by atoms with Gasteiger partial charge < -0.3 is 4.57 Å². The molecule has 0 radical (unpaired) electrons. The van der Waals surface area contributed by atoms with E-state index in [2.05, 4.69) is 78.6 Å². The van der Waals surface area contributed by atoms with Crippen LogP contribution in [0.5, 0.6) is 0 Å². The van der Waals surface area contributed by atoms with Gasteiger partial charge in [0.25, 0.3) is 0 Å². The van der Waals surface area contributed by atoms with Crippen LogP contribution in [0.3, 0.4) is 0 Å². The van der Waals surface area contributed by atoms with Gasteiger partial charge in [-0.2, -0.15) is 0 Å². The van der Waals surface area contributed by atoms with Crippen LogP contribution in [0.1, 0.15) is 86.6 Å². The SMILES string of the molecule is Cc1c(-c2ccc(F)cc2)c2ccccc2n1C(C)C.Cc1c(-c2ccc(F)cc2)nc(N(C)S(C)(=O)=O)nc1C(C)C.Cc1c(C2CC2)nc2ccccc2c1-c1ccc(F)cc1. The van der Waals surface area contributed by atoms with Crippen molar-refractivity contribution in [1.82, 2.24) is 19.5 Å². The van der Waals surface area contributed by atoms with E-state index in [9.17, 15) is 21.6 Å². The summed E-state index contributed by atoms with van der Waals surface area (Å²) in [5, 5.41) is 2.37. The number of pyridine rings is 1. The molecule has 0 amide bonds. The Hall–Kier alpha value is -6.33. The minimum atomic E-state index is -3.47. The second-order valence-electron chi connectivity index (χ2n) is 17.0. The zero-order valence-corrected chi connectivity index (χ0v) is 38.6. The topological polar surface area (TPSA) is 81.0 Å². The smallest absolute Gasteiger partial charge is 0.239 e. The number of anilines is 1. The monoisotopic (exact) mass is 881 g/mol. The normalized spacial score (nSPS) is 12.6. The molecule has 0 atom stereocenters. The maximum atomic E-state index is 13.2. The summed E-state index contributed by atoms with van der Waals surface area (Å²) in [6.07, 6.45) is 3.56. The Bertz CT molecular complexity index is 3050. The van der Waals surface area contributed by atoms with Crippen molar-refractivity contribution >= 4 is 37.8 Å². The summed E-state index contributed by atoms with van der Waals surface area (Å²) in [5.74, 6) is 0.0908. The zero-order valence-electron chi connectivity index (χ0n) is 37.8. The van der Waals surface area contributed by atoms with Crippen LogP contribution in [0.15, 0.2) is 121 Å². The summed E-state index contributed by atoms with van der Waals surface area (Å²) < 4.78 is 66.5. The van der Waals surface area contributed by atoms with E-state index in [0.29, 0.717) is 17.7 Å².